The highest BCUT2D eigenvalue weighted by atomic mass is 15.3. The molecule has 2 N–H and O–H groups in total. The second-order valence-corrected chi connectivity index (χ2v) is 3.09. The number of hydrogen-bond acceptors (Lipinski definition) is 4. The quantitative estimate of drug-likeness (QED) is 0.733. The summed E-state index contributed by atoms with van der Waals surface area (Å²) in [5.74, 6) is 0.679. The molecule has 2 aromatic heterocycles. The summed E-state index contributed by atoms with van der Waals surface area (Å²) in [5, 5.41) is 8.24. The van der Waals surface area contributed by atoms with Crippen LogP contribution in [0.15, 0.2) is 18.7 Å². The van der Waals surface area contributed by atoms with Crippen LogP contribution in [-0.4, -0.2) is 24.5 Å². The lowest BCUT2D eigenvalue weighted by Crippen LogP contribution is -2.02. The van der Waals surface area contributed by atoms with Gasteiger partial charge >= 0.3 is 0 Å². The first-order valence-corrected chi connectivity index (χ1v) is 4.36. The SMILES string of the molecule is Cn1nc(CCn2cncn2)cc1N. The van der Waals surface area contributed by atoms with Gasteiger partial charge in [-0.1, -0.05) is 0 Å². The first-order valence-electron chi connectivity index (χ1n) is 4.36. The van der Waals surface area contributed by atoms with Crippen molar-refractivity contribution in [1.82, 2.24) is 24.5 Å². The lowest BCUT2D eigenvalue weighted by atomic mass is 10.3. The monoisotopic (exact) mass is 192 g/mol. The predicted octanol–water partition coefficient (Wildman–Crippen LogP) is -0.164. The maximum atomic E-state index is 5.66. The third kappa shape index (κ3) is 1.73. The maximum absolute atomic E-state index is 5.66. The highest BCUT2D eigenvalue weighted by Gasteiger charge is 2.01. The van der Waals surface area contributed by atoms with Crippen LogP contribution in [0.1, 0.15) is 5.69 Å². The average Bonchev–Trinajstić information content (AvgIpc) is 2.74. The zero-order valence-electron chi connectivity index (χ0n) is 7.96. The Hall–Kier alpha value is -1.85. The molecule has 0 atom stereocenters. The van der Waals surface area contributed by atoms with E-state index in [0.29, 0.717) is 5.82 Å². The molecule has 0 saturated heterocycles. The summed E-state index contributed by atoms with van der Waals surface area (Å²) >= 11 is 0. The fourth-order valence-corrected chi connectivity index (χ4v) is 1.24. The van der Waals surface area contributed by atoms with E-state index in [1.807, 2.05) is 13.1 Å². The van der Waals surface area contributed by atoms with Crippen LogP contribution in [0.5, 0.6) is 0 Å². The van der Waals surface area contributed by atoms with E-state index in [0.717, 1.165) is 18.7 Å². The Bertz CT molecular complexity index is 382. The van der Waals surface area contributed by atoms with Crippen molar-refractivity contribution in [2.45, 2.75) is 13.0 Å². The number of nitrogens with two attached hydrogens (primary N) is 1. The van der Waals surface area contributed by atoms with Gasteiger partial charge in [0.1, 0.15) is 18.5 Å². The number of aryl methyl sites for hydroxylation is 3. The Balaban J connectivity index is 1.98. The molecular formula is C8H12N6. The molecule has 0 amide bonds. The number of aromatic nitrogens is 5. The van der Waals surface area contributed by atoms with Crippen LogP contribution in [0.3, 0.4) is 0 Å². The smallest absolute Gasteiger partial charge is 0.137 e. The van der Waals surface area contributed by atoms with E-state index in [1.165, 1.54) is 6.33 Å². The minimum atomic E-state index is 0.679. The molecule has 74 valence electrons. The summed E-state index contributed by atoms with van der Waals surface area (Å²) in [6.45, 7) is 0.774. The van der Waals surface area contributed by atoms with E-state index in [-0.39, 0.29) is 0 Å². The van der Waals surface area contributed by atoms with Gasteiger partial charge in [-0.25, -0.2) is 4.98 Å². The fraction of sp³-hybridized carbons (Fsp3) is 0.375. The van der Waals surface area contributed by atoms with Crippen molar-refractivity contribution in [2.24, 2.45) is 7.05 Å². The fourth-order valence-electron chi connectivity index (χ4n) is 1.24. The average molecular weight is 192 g/mol. The van der Waals surface area contributed by atoms with E-state index >= 15 is 0 Å². The molecule has 2 aromatic rings. The molecular weight excluding hydrogens is 180 g/mol. The number of rotatable bonds is 3. The molecule has 6 heteroatoms. The number of anilines is 1. The predicted molar refractivity (Wildman–Crippen MR) is 51.3 cm³/mol. The van der Waals surface area contributed by atoms with Gasteiger partial charge in [-0.15, -0.1) is 0 Å². The zero-order valence-corrected chi connectivity index (χ0v) is 7.96. The molecule has 0 saturated carbocycles. The minimum Gasteiger partial charge on any atom is -0.384 e. The Morgan fingerprint density at radius 2 is 2.36 bits per heavy atom. The van der Waals surface area contributed by atoms with Crippen molar-refractivity contribution in [2.75, 3.05) is 5.73 Å². The first-order chi connectivity index (χ1) is 6.75. The highest BCUT2D eigenvalue weighted by molar-refractivity contribution is 5.30. The highest BCUT2D eigenvalue weighted by Crippen LogP contribution is 2.05. The van der Waals surface area contributed by atoms with Gasteiger partial charge in [0.25, 0.3) is 0 Å². The van der Waals surface area contributed by atoms with E-state index in [4.69, 9.17) is 5.73 Å². The van der Waals surface area contributed by atoms with Crippen molar-refractivity contribution < 1.29 is 0 Å². The van der Waals surface area contributed by atoms with Crippen molar-refractivity contribution in [3.05, 3.63) is 24.4 Å². The first kappa shape index (κ1) is 8.74. The van der Waals surface area contributed by atoms with E-state index in [1.54, 1.807) is 15.7 Å². The van der Waals surface area contributed by atoms with E-state index < -0.39 is 0 Å². The standard InChI is InChI=1S/C8H12N6/c1-13-8(9)4-7(12-13)2-3-14-6-10-5-11-14/h4-6H,2-3,9H2,1H3. The molecule has 0 spiro atoms. The molecule has 6 nitrogen and oxygen atoms in total. The molecule has 0 aliphatic carbocycles. The Morgan fingerprint density at radius 1 is 1.50 bits per heavy atom. The van der Waals surface area contributed by atoms with Gasteiger partial charge in [0.2, 0.25) is 0 Å². The zero-order chi connectivity index (χ0) is 9.97. The molecule has 0 fully saturated rings. The molecule has 0 aliphatic heterocycles. The van der Waals surface area contributed by atoms with Gasteiger partial charge in [-0.2, -0.15) is 10.2 Å². The maximum Gasteiger partial charge on any atom is 0.137 e. The number of nitrogen functional groups attached to an aromatic ring is 1. The second-order valence-electron chi connectivity index (χ2n) is 3.09. The molecule has 14 heavy (non-hydrogen) atoms. The summed E-state index contributed by atoms with van der Waals surface area (Å²) in [6.07, 6.45) is 4.02. The molecule has 0 unspecified atom stereocenters. The Kier molecular flexibility index (Phi) is 2.18. The summed E-state index contributed by atoms with van der Waals surface area (Å²) in [5.41, 5.74) is 6.63. The molecule has 0 bridgehead atoms. The van der Waals surface area contributed by atoms with Gasteiger partial charge in [-0.3, -0.25) is 9.36 Å². The van der Waals surface area contributed by atoms with Gasteiger partial charge in [-0.05, 0) is 0 Å². The van der Waals surface area contributed by atoms with Gasteiger partial charge in [0.05, 0.1) is 5.69 Å². The molecule has 0 radical (unpaired) electrons. The van der Waals surface area contributed by atoms with E-state index in [2.05, 4.69) is 15.2 Å². The van der Waals surface area contributed by atoms with Crippen molar-refractivity contribution in [3.63, 3.8) is 0 Å². The molecule has 2 heterocycles. The topological polar surface area (TPSA) is 74.5 Å². The normalized spacial score (nSPS) is 10.6. The van der Waals surface area contributed by atoms with Crippen LogP contribution in [0.25, 0.3) is 0 Å². The lowest BCUT2D eigenvalue weighted by molar-refractivity contribution is 0.600. The molecule has 2 rings (SSSR count). The molecule has 0 aromatic carbocycles. The van der Waals surface area contributed by atoms with Crippen molar-refractivity contribution in [3.8, 4) is 0 Å². The third-order valence-electron chi connectivity index (χ3n) is 2.03. The number of nitrogens with zero attached hydrogens (tertiary/aromatic N) is 5. The summed E-state index contributed by atoms with van der Waals surface area (Å²) < 4.78 is 3.43. The van der Waals surface area contributed by atoms with Crippen LogP contribution < -0.4 is 5.73 Å². The summed E-state index contributed by atoms with van der Waals surface area (Å²) in [6, 6.07) is 1.87. The third-order valence-corrected chi connectivity index (χ3v) is 2.03. The minimum absolute atomic E-state index is 0.679. The number of hydrogen-bond donors (Lipinski definition) is 1. The van der Waals surface area contributed by atoms with Crippen LogP contribution in [0.2, 0.25) is 0 Å². The Morgan fingerprint density at radius 3 is 2.93 bits per heavy atom. The van der Waals surface area contributed by atoms with Crippen molar-refractivity contribution in [1.29, 1.82) is 0 Å². The largest absolute Gasteiger partial charge is 0.384 e. The van der Waals surface area contributed by atoms with Crippen LogP contribution >= 0.6 is 0 Å². The second kappa shape index (κ2) is 3.49. The van der Waals surface area contributed by atoms with Gasteiger partial charge in [0.15, 0.2) is 0 Å². The molecule has 0 aliphatic rings. The van der Waals surface area contributed by atoms with Crippen LogP contribution in [-0.2, 0) is 20.0 Å². The van der Waals surface area contributed by atoms with E-state index in [9.17, 15) is 0 Å². The Labute approximate surface area is 81.4 Å². The van der Waals surface area contributed by atoms with Crippen LogP contribution in [0, 0.1) is 0 Å². The lowest BCUT2D eigenvalue weighted by Gasteiger charge is -1.96. The summed E-state index contributed by atoms with van der Waals surface area (Å²) in [7, 11) is 1.83. The van der Waals surface area contributed by atoms with Crippen molar-refractivity contribution >= 4 is 5.82 Å². The van der Waals surface area contributed by atoms with Gasteiger partial charge < -0.3 is 5.73 Å². The summed E-state index contributed by atoms with van der Waals surface area (Å²) in [4.78, 5) is 3.86. The van der Waals surface area contributed by atoms with Gasteiger partial charge in [0, 0.05) is 26.1 Å². The van der Waals surface area contributed by atoms with Crippen LogP contribution in [0.4, 0.5) is 5.82 Å².